The molecule has 0 aromatic heterocycles. The van der Waals surface area contributed by atoms with Gasteiger partial charge in [0.15, 0.2) is 0 Å². The van der Waals surface area contributed by atoms with Crippen molar-refractivity contribution in [1.29, 1.82) is 0 Å². The predicted octanol–water partition coefficient (Wildman–Crippen LogP) is 6.39. The molecule has 0 bridgehead atoms. The Morgan fingerprint density at radius 2 is 1.39 bits per heavy atom. The van der Waals surface area contributed by atoms with Gasteiger partial charge in [-0.15, -0.1) is 0 Å². The molecule has 2 aromatic rings. The van der Waals surface area contributed by atoms with Crippen molar-refractivity contribution in [2.24, 2.45) is 5.92 Å². The van der Waals surface area contributed by atoms with Gasteiger partial charge < -0.3 is 8.95 Å². The molecule has 1 fully saturated rings. The quantitative estimate of drug-likeness (QED) is 0.272. The van der Waals surface area contributed by atoms with Crippen LogP contribution in [0.4, 0.5) is 0 Å². The van der Waals surface area contributed by atoms with Gasteiger partial charge in [-0.3, -0.25) is 9.09 Å². The van der Waals surface area contributed by atoms with Crippen LogP contribution in [-0.4, -0.2) is 32.8 Å². The van der Waals surface area contributed by atoms with Crippen LogP contribution in [0.25, 0.3) is 0 Å². The Bertz CT molecular complexity index is 880. The average Bonchev–Trinajstić information content (AvgIpc) is 3.46. The van der Waals surface area contributed by atoms with Gasteiger partial charge in [-0.05, 0) is 48.0 Å². The predicted molar refractivity (Wildman–Crippen MR) is 140 cm³/mol. The molecule has 0 spiro atoms. The lowest BCUT2D eigenvalue weighted by Gasteiger charge is -2.44. The summed E-state index contributed by atoms with van der Waals surface area (Å²) < 4.78 is 33.0. The standard InChI is InChI=1S/C27H41O4PSi/c1-22(2)20-32(28,30-23(3)4)31-27(18-19-27)21-29-33(26(5,6)7,24-14-10-8-11-15-24)25-16-12-9-13-17-25/h8-17,22-23H,18-21H2,1-7H3. The number of benzene rings is 2. The van der Waals surface area contributed by atoms with E-state index in [9.17, 15) is 4.57 Å². The smallest absolute Gasteiger partial charge is 0.331 e. The van der Waals surface area contributed by atoms with E-state index in [0.29, 0.717) is 12.8 Å². The summed E-state index contributed by atoms with van der Waals surface area (Å²) in [6, 6.07) is 21.2. The molecule has 2 aromatic carbocycles. The van der Waals surface area contributed by atoms with Crippen LogP contribution < -0.4 is 10.4 Å². The van der Waals surface area contributed by atoms with Crippen LogP contribution in [0.3, 0.4) is 0 Å². The summed E-state index contributed by atoms with van der Waals surface area (Å²) in [4.78, 5) is 0. The molecule has 1 aliphatic rings. The lowest BCUT2D eigenvalue weighted by molar-refractivity contribution is 0.0694. The lowest BCUT2D eigenvalue weighted by atomic mass is 10.2. The molecule has 0 N–H and O–H groups in total. The van der Waals surface area contributed by atoms with Crippen molar-refractivity contribution in [2.45, 2.75) is 78.1 Å². The van der Waals surface area contributed by atoms with Crippen molar-refractivity contribution in [1.82, 2.24) is 0 Å². The molecule has 1 saturated carbocycles. The van der Waals surface area contributed by atoms with Crippen molar-refractivity contribution in [3.63, 3.8) is 0 Å². The third-order valence-electron chi connectivity index (χ3n) is 6.07. The fourth-order valence-corrected chi connectivity index (χ4v) is 11.8. The summed E-state index contributed by atoms with van der Waals surface area (Å²) in [6.07, 6.45) is 1.96. The van der Waals surface area contributed by atoms with Gasteiger partial charge in [0.25, 0.3) is 8.32 Å². The van der Waals surface area contributed by atoms with E-state index < -0.39 is 21.5 Å². The highest BCUT2D eigenvalue weighted by Gasteiger charge is 2.55. The number of hydrogen-bond donors (Lipinski definition) is 0. The highest BCUT2D eigenvalue weighted by molar-refractivity contribution is 7.53. The van der Waals surface area contributed by atoms with Crippen molar-refractivity contribution >= 4 is 26.3 Å². The Kier molecular flexibility index (Phi) is 8.13. The van der Waals surface area contributed by atoms with Crippen LogP contribution in [0.15, 0.2) is 60.7 Å². The highest BCUT2D eigenvalue weighted by Crippen LogP contribution is 2.59. The van der Waals surface area contributed by atoms with E-state index in [1.54, 1.807) is 0 Å². The molecule has 0 amide bonds. The highest BCUT2D eigenvalue weighted by atomic mass is 31.2. The monoisotopic (exact) mass is 488 g/mol. The topological polar surface area (TPSA) is 44.8 Å². The van der Waals surface area contributed by atoms with Crippen LogP contribution in [0, 0.1) is 5.92 Å². The minimum atomic E-state index is -3.22. The summed E-state index contributed by atoms with van der Waals surface area (Å²) >= 11 is 0. The van der Waals surface area contributed by atoms with Crippen molar-refractivity contribution < 1.29 is 18.0 Å². The van der Waals surface area contributed by atoms with Crippen molar-refractivity contribution in [3.05, 3.63) is 60.7 Å². The molecule has 3 rings (SSSR count). The van der Waals surface area contributed by atoms with E-state index in [-0.39, 0.29) is 17.1 Å². The zero-order valence-electron chi connectivity index (χ0n) is 21.3. The maximum Gasteiger partial charge on any atom is 0.331 e. The first kappa shape index (κ1) is 26.4. The third-order valence-corrected chi connectivity index (χ3v) is 13.6. The van der Waals surface area contributed by atoms with E-state index in [1.165, 1.54) is 10.4 Å². The largest absolute Gasteiger partial charge is 0.404 e. The van der Waals surface area contributed by atoms with Crippen molar-refractivity contribution in [3.8, 4) is 0 Å². The van der Waals surface area contributed by atoms with Crippen molar-refractivity contribution in [2.75, 3.05) is 12.8 Å². The van der Waals surface area contributed by atoms with Gasteiger partial charge in [-0.25, -0.2) is 0 Å². The van der Waals surface area contributed by atoms with Gasteiger partial charge in [0.1, 0.15) is 5.60 Å². The zero-order chi connectivity index (χ0) is 24.3. The molecule has 182 valence electrons. The fraction of sp³-hybridized carbons (Fsp3) is 0.556. The Balaban J connectivity index is 1.95. The lowest BCUT2D eigenvalue weighted by Crippen LogP contribution is -2.67. The van der Waals surface area contributed by atoms with E-state index in [0.717, 1.165) is 12.8 Å². The second-order valence-electron chi connectivity index (χ2n) is 11.1. The van der Waals surface area contributed by atoms with Gasteiger partial charge >= 0.3 is 7.60 Å². The van der Waals surface area contributed by atoms with Crippen LogP contribution in [0.2, 0.25) is 5.04 Å². The molecule has 6 heteroatoms. The average molecular weight is 489 g/mol. The minimum Gasteiger partial charge on any atom is -0.404 e. The van der Waals surface area contributed by atoms with E-state index in [2.05, 4.69) is 83.1 Å². The molecule has 1 aliphatic carbocycles. The molecule has 33 heavy (non-hydrogen) atoms. The van der Waals surface area contributed by atoms with Crippen LogP contribution in [-0.2, 0) is 18.0 Å². The maximum atomic E-state index is 13.7. The molecule has 0 aliphatic heterocycles. The first-order valence-electron chi connectivity index (χ1n) is 12.1. The van der Waals surface area contributed by atoms with E-state index in [1.807, 2.05) is 26.0 Å². The normalized spacial score (nSPS) is 17.8. The summed E-state index contributed by atoms with van der Waals surface area (Å²) in [5.41, 5.74) is -0.535. The summed E-state index contributed by atoms with van der Waals surface area (Å²) in [5, 5.41) is 2.37. The van der Waals surface area contributed by atoms with E-state index in [4.69, 9.17) is 13.5 Å². The summed E-state index contributed by atoms with van der Waals surface area (Å²) in [5.74, 6) is 0.225. The second kappa shape index (κ2) is 10.2. The third kappa shape index (κ3) is 6.26. The fourth-order valence-electron chi connectivity index (χ4n) is 4.57. The van der Waals surface area contributed by atoms with Gasteiger partial charge in [-0.2, -0.15) is 0 Å². The zero-order valence-corrected chi connectivity index (χ0v) is 23.2. The minimum absolute atomic E-state index is 0.109. The Labute approximate surface area is 201 Å². The molecular formula is C27H41O4PSi. The number of rotatable bonds is 11. The maximum absolute atomic E-state index is 13.7. The SMILES string of the molecule is CC(C)CP(=O)(OC(C)C)OC1(CO[Si](c2ccccc2)(c2ccccc2)C(C)(C)C)CC1. The molecule has 0 radical (unpaired) electrons. The Morgan fingerprint density at radius 1 is 0.909 bits per heavy atom. The molecular weight excluding hydrogens is 447 g/mol. The molecule has 0 heterocycles. The van der Waals surface area contributed by atoms with Gasteiger partial charge in [0, 0.05) is 0 Å². The molecule has 0 saturated heterocycles. The van der Waals surface area contributed by atoms with E-state index >= 15 is 0 Å². The summed E-state index contributed by atoms with van der Waals surface area (Å²) in [6.45, 7) is 15.2. The number of hydrogen-bond acceptors (Lipinski definition) is 4. The van der Waals surface area contributed by atoms with Crippen LogP contribution >= 0.6 is 7.60 Å². The second-order valence-corrected chi connectivity index (χ2v) is 17.4. The van der Waals surface area contributed by atoms with Gasteiger partial charge in [-0.1, -0.05) is 95.3 Å². The molecule has 1 unspecified atom stereocenters. The molecule has 1 atom stereocenters. The Hall–Kier alpha value is -1.23. The van der Waals surface area contributed by atoms with Gasteiger partial charge in [0.05, 0.1) is 18.9 Å². The first-order valence-corrected chi connectivity index (χ1v) is 15.8. The molecule has 4 nitrogen and oxygen atoms in total. The van der Waals surface area contributed by atoms with Crippen LogP contribution in [0.5, 0.6) is 0 Å². The summed E-state index contributed by atoms with van der Waals surface area (Å²) in [7, 11) is -5.89. The first-order chi connectivity index (χ1) is 15.4. The van der Waals surface area contributed by atoms with Gasteiger partial charge in [0.2, 0.25) is 0 Å². The Morgan fingerprint density at radius 3 is 1.76 bits per heavy atom. The van der Waals surface area contributed by atoms with Crippen LogP contribution in [0.1, 0.15) is 61.3 Å².